The van der Waals surface area contributed by atoms with E-state index in [1.54, 1.807) is 20.8 Å². The van der Waals surface area contributed by atoms with E-state index in [1.165, 1.54) is 45.0 Å². The van der Waals surface area contributed by atoms with Crippen molar-refractivity contribution in [1.29, 1.82) is 0 Å². The topological polar surface area (TPSA) is 707 Å². The van der Waals surface area contributed by atoms with Crippen molar-refractivity contribution >= 4 is 101 Å². The number of aliphatic hydroxyl groups is 4. The van der Waals surface area contributed by atoms with Gasteiger partial charge in [0.1, 0.15) is 78.3 Å². The molecule has 0 saturated carbocycles. The maximum absolute atomic E-state index is 14.4. The number of amides is 13. The summed E-state index contributed by atoms with van der Waals surface area (Å²) in [6.07, 6.45) is -2.96. The van der Waals surface area contributed by atoms with Crippen molar-refractivity contribution in [1.82, 2.24) is 69.1 Å². The molecule has 13 amide bonds. The van der Waals surface area contributed by atoms with Crippen LogP contribution in [-0.4, -0.2) is 271 Å². The number of aromatic hydroxyl groups is 1. The molecule has 0 spiro atoms. The zero-order valence-electron chi connectivity index (χ0n) is 61.1. The van der Waals surface area contributed by atoms with Gasteiger partial charge in [0.05, 0.1) is 45.4 Å². The first-order valence-corrected chi connectivity index (χ1v) is 35.0. The lowest BCUT2D eigenvalue weighted by atomic mass is 9.97. The molecule has 0 aliphatic heterocycles. The molecule has 0 heterocycles. The fraction of sp³-hybridized carbons (Fsp3) is 0.652. The van der Waals surface area contributed by atoms with Crippen molar-refractivity contribution in [3.8, 4) is 5.75 Å². The van der Waals surface area contributed by atoms with Gasteiger partial charge < -0.3 is 132 Å². The predicted octanol–water partition coefficient (Wildman–Crippen LogP) is -8.54. The standard InChI is InChI=1S/C66H108N16O26/c1-7-34(6)53(65(106)74-40(19-21-50(91)92)58(99)78-45(29-84)62(103)76-43(26-51(93)94)61(102)81-52(33(4)5)66(107)108)82-64(105)47(31-86)80-63(104)46(30-85)79-59(100)41(24-32(2)3)75-56(97)38(13-9-11-23-68)72-57(98)39(18-20-49(89)90)73-60(101)42(25-35-14-16-36(87)17-15-35)71-48(88)27-70-55(96)44(28-83)77-54(95)37(69)12-8-10-22-67/h14-17,32-34,37-47,52-53,83-87H,7-13,18-31,67-69H2,1-6H3,(H,70,96)(H,71,88)(H,72,98)(H,73,101)(H,74,106)(H,75,97)(H,76,103)(H,77,95)(H,78,99)(H,79,100)(H,80,104)(H,81,102)(H,82,105)(H,89,90)(H,91,92)(H,93,94)(H,107,108). The van der Waals surface area contributed by atoms with E-state index in [0.29, 0.717) is 24.9 Å². The molecule has 0 saturated heterocycles. The second-order valence-electron chi connectivity index (χ2n) is 26.2. The number of carbonyl (C=O) groups is 17. The van der Waals surface area contributed by atoms with Gasteiger partial charge in [0.15, 0.2) is 0 Å². The maximum Gasteiger partial charge on any atom is 0.326 e. The Morgan fingerprint density at radius 1 is 0.398 bits per heavy atom. The second kappa shape index (κ2) is 50.3. The van der Waals surface area contributed by atoms with Gasteiger partial charge in [-0.1, -0.05) is 66.5 Å². The summed E-state index contributed by atoms with van der Waals surface area (Å²) in [6, 6.07) is -16.9. The van der Waals surface area contributed by atoms with Crippen molar-refractivity contribution in [2.24, 2.45) is 35.0 Å². The third-order valence-corrected chi connectivity index (χ3v) is 16.5. The van der Waals surface area contributed by atoms with Crippen molar-refractivity contribution in [3.63, 3.8) is 0 Å². The van der Waals surface area contributed by atoms with E-state index < -0.39 is 262 Å². The molecule has 1 aromatic carbocycles. The SMILES string of the molecule is CCC(C)C(NC(=O)C(CO)NC(=O)C(CO)NC(=O)C(CC(C)C)NC(=O)C(CCCCN)NC(=O)C(CCC(=O)O)NC(=O)C(Cc1ccc(O)cc1)NC(=O)CNC(=O)C(CO)NC(=O)C(N)CCCCN)C(=O)NC(CCC(=O)O)C(=O)NC(CO)C(=O)NC(CC(=O)O)C(=O)NC(C(=O)O)C(C)C. The summed E-state index contributed by atoms with van der Waals surface area (Å²) in [7, 11) is 0. The highest BCUT2D eigenvalue weighted by atomic mass is 16.4. The lowest BCUT2D eigenvalue weighted by Gasteiger charge is -2.29. The first-order chi connectivity index (χ1) is 50.8. The third kappa shape index (κ3) is 35.9. The number of rotatable bonds is 54. The average molecular weight is 1540 g/mol. The molecule has 0 aliphatic rings. The van der Waals surface area contributed by atoms with Crippen LogP contribution in [0, 0.1) is 17.8 Å². The monoisotopic (exact) mass is 1540 g/mol. The summed E-state index contributed by atoms with van der Waals surface area (Å²) in [5, 5.41) is 118. The molecular formula is C66H108N16O26. The number of carboxylic acid groups (broad SMARTS) is 4. The van der Waals surface area contributed by atoms with E-state index in [2.05, 4.69) is 63.8 Å². The fourth-order valence-corrected chi connectivity index (χ4v) is 10.1. The van der Waals surface area contributed by atoms with Gasteiger partial charge in [-0.25, -0.2) is 4.79 Å². The number of nitrogens with one attached hydrogen (secondary N) is 13. The molecule has 108 heavy (non-hydrogen) atoms. The molecule has 0 bridgehead atoms. The first kappa shape index (κ1) is 95.7. The van der Waals surface area contributed by atoms with Crippen LogP contribution in [0.25, 0.3) is 0 Å². The van der Waals surface area contributed by atoms with Crippen LogP contribution < -0.4 is 86.3 Å². The lowest BCUT2D eigenvalue weighted by molar-refractivity contribution is -0.145. The highest BCUT2D eigenvalue weighted by Crippen LogP contribution is 2.16. The molecule has 1 rings (SSSR count). The number of phenolic OH excluding ortho intramolecular Hbond substituents is 1. The molecule has 0 radical (unpaired) electrons. The van der Waals surface area contributed by atoms with Crippen LogP contribution in [0.3, 0.4) is 0 Å². The van der Waals surface area contributed by atoms with Crippen LogP contribution in [0.4, 0.5) is 0 Å². The van der Waals surface area contributed by atoms with Gasteiger partial charge in [-0.05, 0) is 99.9 Å². The van der Waals surface area contributed by atoms with Crippen molar-refractivity contribution in [3.05, 3.63) is 29.8 Å². The number of hydrogen-bond donors (Lipinski definition) is 25. The number of carboxylic acids is 4. The number of aliphatic hydroxyl groups excluding tert-OH is 4. The van der Waals surface area contributed by atoms with Gasteiger partial charge in [0.2, 0.25) is 76.8 Å². The Hall–Kier alpha value is -10.3. The van der Waals surface area contributed by atoms with E-state index in [1.807, 2.05) is 5.32 Å². The number of unbranched alkanes of at least 4 members (excludes halogenated alkanes) is 2. The highest BCUT2D eigenvalue weighted by Gasteiger charge is 2.39. The Balaban J connectivity index is 3.51. The summed E-state index contributed by atoms with van der Waals surface area (Å²) in [5.41, 5.74) is 17.5. The summed E-state index contributed by atoms with van der Waals surface area (Å²) in [5.74, 6) is -23.3. The van der Waals surface area contributed by atoms with Gasteiger partial charge in [0.25, 0.3) is 0 Å². The Kier molecular flexibility index (Phi) is 44.6. The summed E-state index contributed by atoms with van der Waals surface area (Å²) >= 11 is 0. The molecule has 42 heteroatoms. The molecule has 0 aliphatic carbocycles. The van der Waals surface area contributed by atoms with E-state index in [9.17, 15) is 127 Å². The average Bonchev–Trinajstić information content (AvgIpc) is 0.855. The number of phenols is 1. The first-order valence-electron chi connectivity index (χ1n) is 35.0. The molecule has 14 unspecified atom stereocenters. The highest BCUT2D eigenvalue weighted by molar-refractivity contribution is 6.00. The largest absolute Gasteiger partial charge is 0.508 e. The Morgan fingerprint density at radius 2 is 0.769 bits per heavy atom. The molecule has 0 aromatic heterocycles. The van der Waals surface area contributed by atoms with Crippen LogP contribution in [-0.2, 0) is 87.9 Å². The minimum absolute atomic E-state index is 0.0925. The van der Waals surface area contributed by atoms with Gasteiger partial charge in [-0.3, -0.25) is 76.7 Å². The zero-order chi connectivity index (χ0) is 82.1. The van der Waals surface area contributed by atoms with Gasteiger partial charge in [0, 0.05) is 19.3 Å². The van der Waals surface area contributed by atoms with Crippen LogP contribution in [0.2, 0.25) is 0 Å². The van der Waals surface area contributed by atoms with E-state index in [4.69, 9.17) is 17.2 Å². The fourth-order valence-electron chi connectivity index (χ4n) is 10.1. The normalized spacial score (nSPS) is 15.0. The van der Waals surface area contributed by atoms with Crippen LogP contribution >= 0.6 is 0 Å². The molecule has 608 valence electrons. The molecule has 42 nitrogen and oxygen atoms in total. The van der Waals surface area contributed by atoms with Crippen molar-refractivity contribution < 1.29 is 127 Å². The maximum atomic E-state index is 14.4. The summed E-state index contributed by atoms with van der Waals surface area (Å²) in [6.45, 7) is 4.13. The van der Waals surface area contributed by atoms with Crippen molar-refractivity contribution in [2.45, 2.75) is 210 Å². The van der Waals surface area contributed by atoms with E-state index in [-0.39, 0.29) is 57.2 Å². The number of nitrogens with two attached hydrogens (primary N) is 3. The zero-order valence-corrected chi connectivity index (χ0v) is 61.1. The second-order valence-corrected chi connectivity index (χ2v) is 26.2. The lowest BCUT2D eigenvalue weighted by Crippen LogP contribution is -2.62. The minimum Gasteiger partial charge on any atom is -0.508 e. The Bertz CT molecular complexity index is 3200. The van der Waals surface area contributed by atoms with Crippen LogP contribution in [0.1, 0.15) is 131 Å². The molecule has 1 aromatic rings. The number of benzene rings is 1. The number of aliphatic carboxylic acids is 4. The molecule has 28 N–H and O–H groups in total. The third-order valence-electron chi connectivity index (χ3n) is 16.5. The molecular weight excluding hydrogens is 1430 g/mol. The molecule has 0 fully saturated rings. The number of hydrogen-bond acceptors (Lipinski definition) is 25. The molecule has 14 atom stereocenters. The van der Waals surface area contributed by atoms with Crippen LogP contribution in [0.15, 0.2) is 24.3 Å². The van der Waals surface area contributed by atoms with E-state index >= 15 is 0 Å². The van der Waals surface area contributed by atoms with Gasteiger partial charge in [-0.15, -0.1) is 0 Å². The summed E-state index contributed by atoms with van der Waals surface area (Å²) < 4.78 is 0. The smallest absolute Gasteiger partial charge is 0.326 e. The predicted molar refractivity (Wildman–Crippen MR) is 377 cm³/mol. The van der Waals surface area contributed by atoms with Crippen LogP contribution in [0.5, 0.6) is 5.75 Å². The van der Waals surface area contributed by atoms with Gasteiger partial charge in [-0.2, -0.15) is 0 Å². The quantitative estimate of drug-likeness (QED) is 0.0269. The Morgan fingerprint density at radius 3 is 1.19 bits per heavy atom. The number of carbonyl (C=O) groups excluding carboxylic acids is 13. The summed E-state index contributed by atoms with van der Waals surface area (Å²) in [4.78, 5) is 225. The van der Waals surface area contributed by atoms with Gasteiger partial charge >= 0.3 is 23.9 Å². The minimum atomic E-state index is -2.03. The van der Waals surface area contributed by atoms with E-state index in [0.717, 1.165) is 0 Å². The Labute approximate surface area is 621 Å². The van der Waals surface area contributed by atoms with Crippen molar-refractivity contribution in [2.75, 3.05) is 46.1 Å².